The molecule has 1 rings (SSSR count). The maximum Gasteiger partial charge on any atom is 0.102 e. The van der Waals surface area contributed by atoms with Gasteiger partial charge in [-0.3, -0.25) is 0 Å². The van der Waals surface area contributed by atoms with E-state index in [9.17, 15) is 0 Å². The third-order valence-corrected chi connectivity index (χ3v) is 0.990. The van der Waals surface area contributed by atoms with Gasteiger partial charge in [-0.15, -0.1) is 6.58 Å². The number of epoxide rings is 1. The minimum atomic E-state index is 0.366. The lowest BCUT2D eigenvalue weighted by Crippen LogP contribution is -1.77. The fraction of sp³-hybridized carbons (Fsp3) is 0.600. The van der Waals surface area contributed by atoms with Crippen LogP contribution in [0.5, 0.6) is 0 Å². The first-order chi connectivity index (χ1) is 2.84. The van der Waals surface area contributed by atoms with Gasteiger partial charge >= 0.3 is 0 Å². The molecule has 0 bridgehead atoms. The highest BCUT2D eigenvalue weighted by Gasteiger charge is 2.30. The van der Waals surface area contributed by atoms with Gasteiger partial charge in [-0.05, 0) is 6.92 Å². The van der Waals surface area contributed by atoms with Crippen LogP contribution in [0.15, 0.2) is 12.7 Å². The first-order valence-corrected chi connectivity index (χ1v) is 2.12. The van der Waals surface area contributed by atoms with Crippen molar-refractivity contribution in [2.24, 2.45) is 0 Å². The van der Waals surface area contributed by atoms with Crippen LogP contribution >= 0.6 is 0 Å². The van der Waals surface area contributed by atoms with E-state index >= 15 is 0 Å². The minimum Gasteiger partial charge on any atom is -0.365 e. The molecule has 1 aliphatic rings. The molecule has 0 aromatic heterocycles. The monoisotopic (exact) mass is 84.1 g/mol. The maximum atomic E-state index is 4.95. The average Bonchev–Trinajstić information content (AvgIpc) is 2.19. The molecule has 1 fully saturated rings. The van der Waals surface area contributed by atoms with Gasteiger partial charge in [0, 0.05) is 0 Å². The zero-order valence-corrected chi connectivity index (χ0v) is 3.85. The van der Waals surface area contributed by atoms with E-state index in [1.54, 1.807) is 0 Å². The number of ether oxygens (including phenoxy) is 1. The van der Waals surface area contributed by atoms with Crippen LogP contribution in [-0.2, 0) is 4.74 Å². The molecule has 0 aromatic rings. The summed E-state index contributed by atoms with van der Waals surface area (Å²) in [4.78, 5) is 0. The van der Waals surface area contributed by atoms with E-state index in [4.69, 9.17) is 4.74 Å². The van der Waals surface area contributed by atoms with E-state index in [0.717, 1.165) is 0 Å². The van der Waals surface area contributed by atoms with Crippen LogP contribution in [0.4, 0.5) is 0 Å². The van der Waals surface area contributed by atoms with E-state index in [0.29, 0.717) is 12.2 Å². The van der Waals surface area contributed by atoms with Crippen molar-refractivity contribution in [1.29, 1.82) is 0 Å². The van der Waals surface area contributed by atoms with Gasteiger partial charge in [0.2, 0.25) is 0 Å². The van der Waals surface area contributed by atoms with Crippen LogP contribution in [-0.4, -0.2) is 12.2 Å². The molecular formula is C5H8O. The molecule has 6 heavy (non-hydrogen) atoms. The normalized spacial score (nSPS) is 42.2. The molecule has 1 heterocycles. The highest BCUT2D eigenvalue weighted by molar-refractivity contribution is 4.95. The predicted molar refractivity (Wildman–Crippen MR) is 24.5 cm³/mol. The molecule has 0 amide bonds. The second kappa shape index (κ2) is 1.09. The largest absolute Gasteiger partial charge is 0.365 e. The van der Waals surface area contributed by atoms with E-state index < -0.39 is 0 Å². The van der Waals surface area contributed by atoms with Crippen LogP contribution in [0.25, 0.3) is 0 Å². The Morgan fingerprint density at radius 1 is 1.83 bits per heavy atom. The molecule has 1 heteroatoms. The van der Waals surface area contributed by atoms with E-state index in [1.807, 2.05) is 13.0 Å². The third kappa shape index (κ3) is 0.455. The number of hydrogen-bond donors (Lipinski definition) is 0. The van der Waals surface area contributed by atoms with Gasteiger partial charge in [-0.2, -0.15) is 0 Å². The van der Waals surface area contributed by atoms with Crippen molar-refractivity contribution in [2.45, 2.75) is 19.1 Å². The van der Waals surface area contributed by atoms with Gasteiger partial charge in [0.05, 0.1) is 6.10 Å². The molecular weight excluding hydrogens is 76.1 g/mol. The Labute approximate surface area is 37.6 Å². The SMILES string of the molecule is C=C[C@@H]1O[C@H]1C. The van der Waals surface area contributed by atoms with Crippen LogP contribution in [0.3, 0.4) is 0 Å². The summed E-state index contributed by atoms with van der Waals surface area (Å²) in [5.74, 6) is 0. The summed E-state index contributed by atoms with van der Waals surface area (Å²) in [6, 6.07) is 0. The van der Waals surface area contributed by atoms with Crippen molar-refractivity contribution < 1.29 is 4.74 Å². The molecule has 2 atom stereocenters. The Morgan fingerprint density at radius 2 is 2.33 bits per heavy atom. The van der Waals surface area contributed by atoms with Crippen molar-refractivity contribution in [2.75, 3.05) is 0 Å². The Balaban J connectivity index is 2.25. The maximum absolute atomic E-state index is 4.95. The topological polar surface area (TPSA) is 12.5 Å². The summed E-state index contributed by atoms with van der Waals surface area (Å²) >= 11 is 0. The second-order valence-electron chi connectivity index (χ2n) is 1.54. The summed E-state index contributed by atoms with van der Waals surface area (Å²) in [7, 11) is 0. The van der Waals surface area contributed by atoms with Crippen LogP contribution in [0, 0.1) is 0 Å². The van der Waals surface area contributed by atoms with Crippen LogP contribution < -0.4 is 0 Å². The minimum absolute atomic E-state index is 0.366. The molecule has 1 aliphatic heterocycles. The van der Waals surface area contributed by atoms with Gasteiger partial charge in [0.1, 0.15) is 6.10 Å². The smallest absolute Gasteiger partial charge is 0.102 e. The second-order valence-corrected chi connectivity index (χ2v) is 1.54. The van der Waals surface area contributed by atoms with Gasteiger partial charge in [-0.1, -0.05) is 6.08 Å². The van der Waals surface area contributed by atoms with E-state index in [2.05, 4.69) is 6.58 Å². The Bertz CT molecular complexity index is 68.3. The first kappa shape index (κ1) is 3.88. The Kier molecular flexibility index (Phi) is 0.701. The molecule has 0 unspecified atom stereocenters. The fourth-order valence-electron chi connectivity index (χ4n) is 0.450. The van der Waals surface area contributed by atoms with Gasteiger partial charge in [0.25, 0.3) is 0 Å². The average molecular weight is 84.1 g/mol. The lowest BCUT2D eigenvalue weighted by atomic mass is 10.3. The predicted octanol–water partition coefficient (Wildman–Crippen LogP) is 0.960. The van der Waals surface area contributed by atoms with Crippen molar-refractivity contribution >= 4 is 0 Å². The lowest BCUT2D eigenvalue weighted by molar-refractivity contribution is 0.400. The van der Waals surface area contributed by atoms with Crippen LogP contribution in [0.1, 0.15) is 6.92 Å². The van der Waals surface area contributed by atoms with Crippen molar-refractivity contribution in [1.82, 2.24) is 0 Å². The lowest BCUT2D eigenvalue weighted by Gasteiger charge is -1.63. The highest BCUT2D eigenvalue weighted by atomic mass is 16.6. The van der Waals surface area contributed by atoms with Crippen molar-refractivity contribution in [3.05, 3.63) is 12.7 Å². The highest BCUT2D eigenvalue weighted by Crippen LogP contribution is 2.20. The Morgan fingerprint density at radius 3 is 2.33 bits per heavy atom. The standard InChI is InChI=1S/C5H8O/c1-3-5-4(2)6-5/h3-5H,1H2,2H3/t4-,5-/m0/s1. The molecule has 0 saturated carbocycles. The van der Waals surface area contributed by atoms with E-state index in [-0.39, 0.29) is 0 Å². The van der Waals surface area contributed by atoms with Crippen LogP contribution in [0.2, 0.25) is 0 Å². The fourth-order valence-corrected chi connectivity index (χ4v) is 0.450. The molecule has 0 spiro atoms. The van der Waals surface area contributed by atoms with Crippen molar-refractivity contribution in [3.8, 4) is 0 Å². The third-order valence-electron chi connectivity index (χ3n) is 0.990. The van der Waals surface area contributed by atoms with Gasteiger partial charge in [-0.25, -0.2) is 0 Å². The van der Waals surface area contributed by atoms with Crippen molar-refractivity contribution in [3.63, 3.8) is 0 Å². The quantitative estimate of drug-likeness (QED) is 0.340. The molecule has 0 aliphatic carbocycles. The van der Waals surface area contributed by atoms with Gasteiger partial charge in [0.15, 0.2) is 0 Å². The molecule has 0 aromatic carbocycles. The molecule has 1 saturated heterocycles. The van der Waals surface area contributed by atoms with E-state index in [1.165, 1.54) is 0 Å². The zero-order valence-electron chi connectivity index (χ0n) is 3.85. The molecule has 34 valence electrons. The summed E-state index contributed by atoms with van der Waals surface area (Å²) in [6.07, 6.45) is 2.64. The first-order valence-electron chi connectivity index (χ1n) is 2.12. The Hall–Kier alpha value is -0.300. The summed E-state index contributed by atoms with van der Waals surface area (Å²) in [6.45, 7) is 5.58. The summed E-state index contributed by atoms with van der Waals surface area (Å²) in [5, 5.41) is 0. The number of hydrogen-bond acceptors (Lipinski definition) is 1. The molecule has 0 N–H and O–H groups in total. The molecule has 0 radical (unpaired) electrons. The summed E-state index contributed by atoms with van der Waals surface area (Å²) in [5.41, 5.74) is 0. The van der Waals surface area contributed by atoms with Gasteiger partial charge < -0.3 is 4.74 Å². The number of rotatable bonds is 1. The summed E-state index contributed by atoms with van der Waals surface area (Å²) < 4.78 is 4.95. The zero-order chi connectivity index (χ0) is 4.57. The molecule has 1 nitrogen and oxygen atoms in total.